The number of carbonyl (C=O) groups excluding carboxylic acids is 2. The lowest BCUT2D eigenvalue weighted by Gasteiger charge is -2.15. The maximum atomic E-state index is 11.9. The molecule has 0 aliphatic carbocycles. The Morgan fingerprint density at radius 1 is 1.18 bits per heavy atom. The average molecular weight is 298 g/mol. The highest BCUT2D eigenvalue weighted by Gasteiger charge is 2.34. The highest BCUT2D eigenvalue weighted by molar-refractivity contribution is 9.09. The van der Waals surface area contributed by atoms with Gasteiger partial charge in [0, 0.05) is 11.9 Å². The molecule has 0 spiro atoms. The van der Waals surface area contributed by atoms with Crippen molar-refractivity contribution in [2.75, 3.05) is 11.9 Å². The summed E-state index contributed by atoms with van der Waals surface area (Å²) >= 11 is 3.14. The summed E-state index contributed by atoms with van der Waals surface area (Å²) in [7, 11) is 0. The van der Waals surface area contributed by atoms with Crippen molar-refractivity contribution >= 4 is 27.7 Å². The van der Waals surface area contributed by atoms with Gasteiger partial charge in [-0.2, -0.15) is 0 Å². The highest BCUT2D eigenvalue weighted by Crippen LogP contribution is 2.22. The molecule has 17 heavy (non-hydrogen) atoms. The minimum Gasteiger partial charge on any atom is -0.392 e. The first-order valence-corrected chi connectivity index (χ1v) is 6.46. The van der Waals surface area contributed by atoms with Gasteiger partial charge in [0.05, 0.1) is 17.2 Å². The summed E-state index contributed by atoms with van der Waals surface area (Å²) in [6.45, 7) is 0.249. The van der Waals surface area contributed by atoms with Crippen LogP contribution >= 0.6 is 15.9 Å². The number of amides is 2. The summed E-state index contributed by atoms with van der Waals surface area (Å²) in [5, 5.41) is 9.85. The molecule has 0 aromatic heterocycles. The van der Waals surface area contributed by atoms with Gasteiger partial charge in [0.25, 0.3) is 11.8 Å². The summed E-state index contributed by atoms with van der Waals surface area (Å²) in [6, 6.07) is 6.77. The smallest absolute Gasteiger partial charge is 0.261 e. The molecule has 1 aliphatic rings. The van der Waals surface area contributed by atoms with E-state index in [-0.39, 0.29) is 18.4 Å². The number of benzene rings is 1. The average Bonchev–Trinajstić information content (AvgIpc) is 2.60. The van der Waals surface area contributed by atoms with Gasteiger partial charge >= 0.3 is 0 Å². The van der Waals surface area contributed by atoms with Crippen LogP contribution in [0.5, 0.6) is 0 Å². The first-order chi connectivity index (χ1) is 8.15. The molecule has 0 bridgehead atoms. The molecular formula is C12H12BrNO3. The lowest BCUT2D eigenvalue weighted by Crippen LogP contribution is -2.32. The lowest BCUT2D eigenvalue weighted by atomic mass is 10.1. The summed E-state index contributed by atoms with van der Waals surface area (Å²) in [4.78, 5) is 25.0. The Morgan fingerprint density at radius 2 is 1.71 bits per heavy atom. The standard InChI is InChI=1S/C12H12BrNO3/c13-7-8(15)5-6-14-11(16)9-3-1-2-4-10(9)12(14)17/h1-4,8,15H,5-7H2. The van der Waals surface area contributed by atoms with Gasteiger partial charge in [-0.1, -0.05) is 28.1 Å². The molecule has 1 aromatic carbocycles. The third-order valence-corrected chi connectivity index (χ3v) is 3.49. The number of imide groups is 1. The van der Waals surface area contributed by atoms with E-state index >= 15 is 0 Å². The van der Waals surface area contributed by atoms with E-state index in [2.05, 4.69) is 15.9 Å². The molecule has 4 nitrogen and oxygen atoms in total. The number of fused-ring (bicyclic) bond motifs is 1. The van der Waals surface area contributed by atoms with Gasteiger partial charge in [0.15, 0.2) is 0 Å². The van der Waals surface area contributed by atoms with Crippen LogP contribution in [0.4, 0.5) is 0 Å². The van der Waals surface area contributed by atoms with Gasteiger partial charge in [0.1, 0.15) is 0 Å². The molecule has 0 saturated heterocycles. The Morgan fingerprint density at radius 3 is 2.18 bits per heavy atom. The zero-order valence-electron chi connectivity index (χ0n) is 9.10. The Labute approximate surface area is 107 Å². The van der Waals surface area contributed by atoms with E-state index in [0.29, 0.717) is 22.9 Å². The largest absolute Gasteiger partial charge is 0.392 e. The predicted molar refractivity (Wildman–Crippen MR) is 66.2 cm³/mol. The van der Waals surface area contributed by atoms with Crippen LogP contribution in [0.25, 0.3) is 0 Å². The minimum atomic E-state index is -0.542. The van der Waals surface area contributed by atoms with Gasteiger partial charge in [-0.05, 0) is 18.6 Å². The number of aliphatic hydroxyl groups excluding tert-OH is 1. The van der Waals surface area contributed by atoms with Crippen molar-refractivity contribution in [1.29, 1.82) is 0 Å². The molecule has 90 valence electrons. The van der Waals surface area contributed by atoms with Crippen molar-refractivity contribution in [3.8, 4) is 0 Å². The van der Waals surface area contributed by atoms with Crippen LogP contribution in [0, 0.1) is 0 Å². The van der Waals surface area contributed by atoms with Crippen molar-refractivity contribution in [3.63, 3.8) is 0 Å². The summed E-state index contributed by atoms with van der Waals surface area (Å²) in [5.41, 5.74) is 0.900. The summed E-state index contributed by atoms with van der Waals surface area (Å²) < 4.78 is 0. The molecule has 0 saturated carbocycles. The van der Waals surface area contributed by atoms with E-state index in [4.69, 9.17) is 0 Å². The fourth-order valence-corrected chi connectivity index (χ4v) is 2.12. The normalized spacial score (nSPS) is 16.2. The van der Waals surface area contributed by atoms with Crippen LogP contribution in [0.1, 0.15) is 27.1 Å². The third-order valence-electron chi connectivity index (χ3n) is 2.74. The van der Waals surface area contributed by atoms with Gasteiger partial charge in [-0.3, -0.25) is 14.5 Å². The van der Waals surface area contributed by atoms with Gasteiger partial charge in [-0.25, -0.2) is 0 Å². The van der Waals surface area contributed by atoms with Crippen LogP contribution < -0.4 is 0 Å². The quantitative estimate of drug-likeness (QED) is 0.676. The molecule has 1 atom stereocenters. The number of halogens is 1. The number of alkyl halides is 1. The molecule has 0 radical (unpaired) electrons. The fourth-order valence-electron chi connectivity index (χ4n) is 1.80. The van der Waals surface area contributed by atoms with Crippen LogP contribution in [-0.4, -0.2) is 39.8 Å². The molecular weight excluding hydrogens is 286 g/mol. The SMILES string of the molecule is O=C1c2ccccc2C(=O)N1CCC(O)CBr. The molecule has 2 amide bonds. The molecule has 5 heteroatoms. The Kier molecular flexibility index (Phi) is 3.59. The molecule has 0 fully saturated rings. The number of aliphatic hydroxyl groups is 1. The zero-order chi connectivity index (χ0) is 12.4. The first kappa shape index (κ1) is 12.3. The molecule has 1 aliphatic heterocycles. The monoisotopic (exact) mass is 297 g/mol. The Hall–Kier alpha value is -1.20. The topological polar surface area (TPSA) is 57.6 Å². The molecule has 1 heterocycles. The fraction of sp³-hybridized carbons (Fsp3) is 0.333. The maximum Gasteiger partial charge on any atom is 0.261 e. The Bertz CT molecular complexity index is 426. The second-order valence-electron chi connectivity index (χ2n) is 3.90. The predicted octanol–water partition coefficient (Wildman–Crippen LogP) is 1.43. The van der Waals surface area contributed by atoms with Crippen molar-refractivity contribution in [1.82, 2.24) is 4.90 Å². The van der Waals surface area contributed by atoms with E-state index in [0.717, 1.165) is 0 Å². The molecule has 1 unspecified atom stereocenters. The minimum absolute atomic E-state index is 0.249. The van der Waals surface area contributed by atoms with Crippen molar-refractivity contribution in [3.05, 3.63) is 35.4 Å². The van der Waals surface area contributed by atoms with Gasteiger partial charge in [0.2, 0.25) is 0 Å². The summed E-state index contributed by atoms with van der Waals surface area (Å²) in [6.07, 6.45) is -0.157. The van der Waals surface area contributed by atoms with E-state index in [1.165, 1.54) is 4.90 Å². The third kappa shape index (κ3) is 2.25. The van der Waals surface area contributed by atoms with E-state index in [1.54, 1.807) is 24.3 Å². The van der Waals surface area contributed by atoms with Crippen LogP contribution in [0.2, 0.25) is 0 Å². The number of nitrogens with zero attached hydrogens (tertiary/aromatic N) is 1. The van der Waals surface area contributed by atoms with E-state index < -0.39 is 6.10 Å². The van der Waals surface area contributed by atoms with Crippen LogP contribution in [0.3, 0.4) is 0 Å². The van der Waals surface area contributed by atoms with Crippen molar-refractivity contribution < 1.29 is 14.7 Å². The second kappa shape index (κ2) is 4.98. The molecule has 1 aromatic rings. The first-order valence-electron chi connectivity index (χ1n) is 5.34. The molecule has 1 N–H and O–H groups in total. The van der Waals surface area contributed by atoms with E-state index in [9.17, 15) is 14.7 Å². The second-order valence-corrected chi connectivity index (χ2v) is 4.55. The van der Waals surface area contributed by atoms with Gasteiger partial charge in [-0.15, -0.1) is 0 Å². The number of carbonyl (C=O) groups is 2. The number of rotatable bonds is 4. The molecule has 2 rings (SSSR count). The number of hydrogen-bond acceptors (Lipinski definition) is 3. The Balaban J connectivity index is 2.13. The van der Waals surface area contributed by atoms with Crippen molar-refractivity contribution in [2.24, 2.45) is 0 Å². The lowest BCUT2D eigenvalue weighted by molar-refractivity contribution is 0.0630. The van der Waals surface area contributed by atoms with Crippen molar-refractivity contribution in [2.45, 2.75) is 12.5 Å². The highest BCUT2D eigenvalue weighted by atomic mass is 79.9. The number of hydrogen-bond donors (Lipinski definition) is 1. The van der Waals surface area contributed by atoms with Gasteiger partial charge < -0.3 is 5.11 Å². The van der Waals surface area contributed by atoms with Crippen LogP contribution in [-0.2, 0) is 0 Å². The maximum absolute atomic E-state index is 11.9. The summed E-state index contributed by atoms with van der Waals surface area (Å²) in [5.74, 6) is -0.542. The van der Waals surface area contributed by atoms with E-state index in [1.807, 2.05) is 0 Å². The van der Waals surface area contributed by atoms with Crippen LogP contribution in [0.15, 0.2) is 24.3 Å². The zero-order valence-corrected chi connectivity index (χ0v) is 10.7.